The molecule has 1 unspecified atom stereocenters. The minimum absolute atomic E-state index is 0.261. The number of hydrogen-bond acceptors (Lipinski definition) is 1. The fourth-order valence-electron chi connectivity index (χ4n) is 1.07. The van der Waals surface area contributed by atoms with Crippen LogP contribution in [0.1, 0.15) is 19.8 Å². The van der Waals surface area contributed by atoms with Crippen molar-refractivity contribution in [3.8, 4) is 0 Å². The van der Waals surface area contributed by atoms with E-state index in [1.165, 1.54) is 18.4 Å². The van der Waals surface area contributed by atoms with Crippen LogP contribution in [0.3, 0.4) is 0 Å². The lowest BCUT2D eigenvalue weighted by Crippen LogP contribution is -2.07. The van der Waals surface area contributed by atoms with Crippen molar-refractivity contribution in [2.24, 2.45) is 0 Å². The monoisotopic (exact) mass is 138 g/mol. The maximum Gasteiger partial charge on any atom is 0.0789 e. The minimum atomic E-state index is 0.261. The zero-order valence-electron chi connectivity index (χ0n) is 6.63. The molecule has 0 radical (unpaired) electrons. The van der Waals surface area contributed by atoms with Gasteiger partial charge in [0.1, 0.15) is 0 Å². The van der Waals surface area contributed by atoms with E-state index in [2.05, 4.69) is 25.2 Å². The molecule has 1 aliphatic rings. The third-order valence-electron chi connectivity index (χ3n) is 1.85. The molecular weight excluding hydrogens is 124 g/mol. The Kier molecular flexibility index (Phi) is 2.69. The molecule has 1 aliphatic carbocycles. The van der Waals surface area contributed by atoms with Gasteiger partial charge in [-0.1, -0.05) is 18.2 Å². The topological polar surface area (TPSA) is 9.23 Å². The Bertz CT molecular complexity index is 156. The minimum Gasteiger partial charge on any atom is -0.377 e. The maximum absolute atomic E-state index is 5.17. The summed E-state index contributed by atoms with van der Waals surface area (Å²) >= 11 is 0. The largest absolute Gasteiger partial charge is 0.377 e. The molecule has 0 fully saturated rings. The van der Waals surface area contributed by atoms with Gasteiger partial charge in [-0.2, -0.15) is 0 Å². The van der Waals surface area contributed by atoms with E-state index in [4.69, 9.17) is 4.74 Å². The lowest BCUT2D eigenvalue weighted by atomic mass is 10.0. The van der Waals surface area contributed by atoms with Crippen molar-refractivity contribution in [1.82, 2.24) is 0 Å². The molecule has 0 bridgehead atoms. The quantitative estimate of drug-likeness (QED) is 0.569. The van der Waals surface area contributed by atoms with Gasteiger partial charge < -0.3 is 4.74 Å². The van der Waals surface area contributed by atoms with Crippen LogP contribution in [0.4, 0.5) is 0 Å². The van der Waals surface area contributed by atoms with Crippen molar-refractivity contribution in [2.75, 3.05) is 7.11 Å². The average Bonchev–Trinajstić information content (AvgIpc) is 2.05. The first-order valence-electron chi connectivity index (χ1n) is 3.74. The van der Waals surface area contributed by atoms with Crippen LogP contribution in [0.5, 0.6) is 0 Å². The first kappa shape index (κ1) is 7.55. The van der Waals surface area contributed by atoms with E-state index in [1.807, 2.05) is 0 Å². The van der Waals surface area contributed by atoms with Gasteiger partial charge in [0.05, 0.1) is 6.10 Å². The Hall–Kier alpha value is -0.560. The fourth-order valence-corrected chi connectivity index (χ4v) is 1.07. The summed E-state index contributed by atoms with van der Waals surface area (Å²) < 4.78 is 5.17. The molecule has 0 aromatic rings. The van der Waals surface area contributed by atoms with E-state index in [9.17, 15) is 0 Å². The lowest BCUT2D eigenvalue weighted by molar-refractivity contribution is 0.149. The van der Waals surface area contributed by atoms with Gasteiger partial charge in [0.25, 0.3) is 0 Å². The SMILES string of the molecule is COC(C)C1=CCCC=C1. The van der Waals surface area contributed by atoms with Gasteiger partial charge in [-0.05, 0) is 25.3 Å². The number of hydrogen-bond donors (Lipinski definition) is 0. The Balaban J connectivity index is 2.54. The molecule has 0 heterocycles. The predicted molar refractivity (Wildman–Crippen MR) is 42.9 cm³/mol. The summed E-state index contributed by atoms with van der Waals surface area (Å²) in [6.45, 7) is 2.07. The summed E-state index contributed by atoms with van der Waals surface area (Å²) in [5.41, 5.74) is 1.31. The van der Waals surface area contributed by atoms with Crippen LogP contribution >= 0.6 is 0 Å². The van der Waals surface area contributed by atoms with Crippen LogP contribution in [0.25, 0.3) is 0 Å². The van der Waals surface area contributed by atoms with Gasteiger partial charge >= 0.3 is 0 Å². The first-order chi connectivity index (χ1) is 4.84. The van der Waals surface area contributed by atoms with Crippen molar-refractivity contribution in [3.63, 3.8) is 0 Å². The summed E-state index contributed by atoms with van der Waals surface area (Å²) in [6.07, 6.45) is 9.20. The molecule has 56 valence electrons. The highest BCUT2D eigenvalue weighted by Crippen LogP contribution is 2.14. The standard InChI is InChI=1S/C9H14O/c1-8(10-2)9-6-4-3-5-7-9/h4,6-8H,3,5H2,1-2H3. The van der Waals surface area contributed by atoms with Gasteiger partial charge in [-0.3, -0.25) is 0 Å². The zero-order valence-corrected chi connectivity index (χ0v) is 6.63. The van der Waals surface area contributed by atoms with Gasteiger partial charge in [0.15, 0.2) is 0 Å². The molecule has 0 spiro atoms. The molecule has 0 N–H and O–H groups in total. The summed E-state index contributed by atoms with van der Waals surface area (Å²) in [7, 11) is 1.74. The third-order valence-corrected chi connectivity index (χ3v) is 1.85. The Labute approximate surface area is 62.4 Å². The molecule has 0 aliphatic heterocycles. The summed E-state index contributed by atoms with van der Waals surface area (Å²) in [6, 6.07) is 0. The summed E-state index contributed by atoms with van der Waals surface area (Å²) in [5, 5.41) is 0. The lowest BCUT2D eigenvalue weighted by Gasteiger charge is -2.12. The number of allylic oxidation sites excluding steroid dienone is 2. The third kappa shape index (κ3) is 1.71. The first-order valence-corrected chi connectivity index (χ1v) is 3.74. The summed E-state index contributed by atoms with van der Waals surface area (Å²) in [5.74, 6) is 0. The molecule has 1 atom stereocenters. The van der Waals surface area contributed by atoms with Crippen molar-refractivity contribution >= 4 is 0 Å². The second-order valence-corrected chi connectivity index (χ2v) is 2.56. The Morgan fingerprint density at radius 2 is 2.30 bits per heavy atom. The maximum atomic E-state index is 5.17. The van der Waals surface area contributed by atoms with Crippen LogP contribution < -0.4 is 0 Å². The van der Waals surface area contributed by atoms with Crippen LogP contribution in [-0.2, 0) is 4.74 Å². The highest BCUT2D eigenvalue weighted by molar-refractivity contribution is 5.25. The predicted octanol–water partition coefficient (Wildman–Crippen LogP) is 2.30. The van der Waals surface area contributed by atoms with Crippen molar-refractivity contribution in [1.29, 1.82) is 0 Å². The molecule has 0 aromatic heterocycles. The molecule has 0 amide bonds. The number of ether oxygens (including phenoxy) is 1. The van der Waals surface area contributed by atoms with Crippen LogP contribution in [0, 0.1) is 0 Å². The normalized spacial score (nSPS) is 20.4. The second-order valence-electron chi connectivity index (χ2n) is 2.56. The molecule has 1 nitrogen and oxygen atoms in total. The second kappa shape index (κ2) is 3.57. The fraction of sp³-hybridized carbons (Fsp3) is 0.556. The molecule has 1 rings (SSSR count). The van der Waals surface area contributed by atoms with Crippen LogP contribution in [0.15, 0.2) is 23.8 Å². The van der Waals surface area contributed by atoms with Gasteiger partial charge in [0.2, 0.25) is 0 Å². The van der Waals surface area contributed by atoms with Crippen molar-refractivity contribution < 1.29 is 4.74 Å². The van der Waals surface area contributed by atoms with E-state index in [0.717, 1.165) is 0 Å². The number of rotatable bonds is 2. The molecule has 1 heteroatoms. The highest BCUT2D eigenvalue weighted by Gasteiger charge is 2.04. The smallest absolute Gasteiger partial charge is 0.0789 e. The summed E-state index contributed by atoms with van der Waals surface area (Å²) in [4.78, 5) is 0. The van der Waals surface area contributed by atoms with Crippen molar-refractivity contribution in [3.05, 3.63) is 23.8 Å². The average molecular weight is 138 g/mol. The van der Waals surface area contributed by atoms with Crippen LogP contribution in [0.2, 0.25) is 0 Å². The van der Waals surface area contributed by atoms with E-state index < -0.39 is 0 Å². The molecule has 0 saturated carbocycles. The van der Waals surface area contributed by atoms with E-state index in [-0.39, 0.29) is 6.10 Å². The van der Waals surface area contributed by atoms with E-state index in [0.29, 0.717) is 0 Å². The Morgan fingerprint density at radius 1 is 1.50 bits per heavy atom. The molecule has 0 saturated heterocycles. The number of methoxy groups -OCH3 is 1. The van der Waals surface area contributed by atoms with Crippen molar-refractivity contribution in [2.45, 2.75) is 25.9 Å². The Morgan fingerprint density at radius 3 is 2.80 bits per heavy atom. The zero-order chi connectivity index (χ0) is 7.40. The van der Waals surface area contributed by atoms with Gasteiger partial charge in [-0.15, -0.1) is 0 Å². The highest BCUT2D eigenvalue weighted by atomic mass is 16.5. The molecular formula is C9H14O. The van der Waals surface area contributed by atoms with E-state index in [1.54, 1.807) is 7.11 Å². The van der Waals surface area contributed by atoms with Gasteiger partial charge in [0, 0.05) is 7.11 Å². The van der Waals surface area contributed by atoms with Gasteiger partial charge in [-0.25, -0.2) is 0 Å². The van der Waals surface area contributed by atoms with E-state index >= 15 is 0 Å². The van der Waals surface area contributed by atoms with Crippen LogP contribution in [-0.4, -0.2) is 13.2 Å². The molecule has 0 aromatic carbocycles. The molecule has 10 heavy (non-hydrogen) atoms.